The average molecular weight is 557 g/mol. The minimum atomic E-state index is -0.109. The Morgan fingerprint density at radius 3 is 2.59 bits per heavy atom. The van der Waals surface area contributed by atoms with Crippen LogP contribution in [-0.2, 0) is 14.3 Å². The van der Waals surface area contributed by atoms with Gasteiger partial charge >= 0.3 is 0 Å². The number of rotatable bonds is 14. The lowest BCUT2D eigenvalue weighted by molar-refractivity contribution is -0.116. The first-order chi connectivity index (χ1) is 20.1. The molecule has 2 aromatic rings. The highest BCUT2D eigenvalue weighted by atomic mass is 16.5. The molecule has 0 aliphatic carbocycles. The highest BCUT2D eigenvalue weighted by molar-refractivity contribution is 6.00. The number of amides is 1. The van der Waals surface area contributed by atoms with Crippen molar-refractivity contribution < 1.29 is 19.0 Å². The summed E-state index contributed by atoms with van der Waals surface area (Å²) in [6.45, 7) is 15.0. The lowest BCUT2D eigenvalue weighted by Crippen LogP contribution is -2.34. The quantitative estimate of drug-likeness (QED) is 0.202. The maximum absolute atomic E-state index is 13.3. The third-order valence-electron chi connectivity index (χ3n) is 7.56. The molecule has 6 nitrogen and oxygen atoms in total. The van der Waals surface area contributed by atoms with E-state index in [0.717, 1.165) is 92.3 Å². The number of carbonyl (C=O) groups is 1. The predicted molar refractivity (Wildman–Crippen MR) is 168 cm³/mol. The fourth-order valence-corrected chi connectivity index (χ4v) is 5.19. The van der Waals surface area contributed by atoms with E-state index in [1.165, 1.54) is 0 Å². The second-order valence-electron chi connectivity index (χ2n) is 10.5. The van der Waals surface area contributed by atoms with E-state index in [9.17, 15) is 4.79 Å². The van der Waals surface area contributed by atoms with Gasteiger partial charge < -0.3 is 24.4 Å². The average Bonchev–Trinajstić information content (AvgIpc) is 3.18. The zero-order valence-corrected chi connectivity index (χ0v) is 24.4. The molecule has 2 aliphatic rings. The molecular weight excluding hydrogens is 512 g/mol. The van der Waals surface area contributed by atoms with Crippen LogP contribution in [0.15, 0.2) is 85.1 Å². The molecule has 0 radical (unpaired) electrons. The van der Waals surface area contributed by atoms with E-state index in [4.69, 9.17) is 14.2 Å². The Hall–Kier alpha value is -3.61. The van der Waals surface area contributed by atoms with Gasteiger partial charge in [0.25, 0.3) is 5.91 Å². The molecule has 4 rings (SSSR count). The number of allylic oxidation sites excluding steroid dienone is 3. The van der Waals surface area contributed by atoms with Crippen LogP contribution in [0.3, 0.4) is 0 Å². The van der Waals surface area contributed by atoms with Crippen LogP contribution in [0.1, 0.15) is 44.6 Å². The Morgan fingerprint density at radius 1 is 1.07 bits per heavy atom. The van der Waals surface area contributed by atoms with Crippen molar-refractivity contribution in [3.63, 3.8) is 0 Å². The van der Waals surface area contributed by atoms with Crippen LogP contribution in [0.25, 0.3) is 17.2 Å². The van der Waals surface area contributed by atoms with Crippen LogP contribution < -0.4 is 15.0 Å². The fraction of sp³-hybridized carbons (Fsp3) is 0.400. The molecule has 2 aromatic carbocycles. The Balaban J connectivity index is 1.54. The molecule has 0 spiro atoms. The summed E-state index contributed by atoms with van der Waals surface area (Å²) < 4.78 is 17.0. The number of fused-ring (bicyclic) bond motifs is 1. The summed E-state index contributed by atoms with van der Waals surface area (Å²) in [6, 6.07) is 14.7. The molecule has 41 heavy (non-hydrogen) atoms. The van der Waals surface area contributed by atoms with E-state index >= 15 is 0 Å². The number of unbranched alkanes of at least 4 members (excludes halogenated alkanes) is 1. The first kappa shape index (κ1) is 30.4. The van der Waals surface area contributed by atoms with Crippen molar-refractivity contribution in [1.29, 1.82) is 0 Å². The van der Waals surface area contributed by atoms with E-state index in [-0.39, 0.29) is 5.91 Å². The van der Waals surface area contributed by atoms with Gasteiger partial charge in [-0.25, -0.2) is 0 Å². The van der Waals surface area contributed by atoms with Gasteiger partial charge in [-0.1, -0.05) is 50.8 Å². The van der Waals surface area contributed by atoms with Crippen LogP contribution >= 0.6 is 0 Å². The van der Waals surface area contributed by atoms with Gasteiger partial charge in [0.2, 0.25) is 0 Å². The van der Waals surface area contributed by atoms with Gasteiger partial charge in [0.05, 0.1) is 6.61 Å². The van der Waals surface area contributed by atoms with Gasteiger partial charge in [-0.15, -0.1) is 0 Å². The minimum Gasteiger partial charge on any atom is -0.491 e. The van der Waals surface area contributed by atoms with E-state index < -0.39 is 0 Å². The number of nitrogens with zero attached hydrogens (tertiary/aromatic N) is 1. The van der Waals surface area contributed by atoms with Crippen molar-refractivity contribution in [2.24, 2.45) is 5.92 Å². The number of hydrogen-bond donors (Lipinski definition) is 1. The standard InChI is InChI=1S/C35H44N2O4/c1-4-7-19-39-22-23-41-33-12-9-28(10-13-33)29-11-14-34-31(24-29)25-30(35(38)36-32(6-3)8-5-2)15-18-37(34)26-27-16-20-40-21-17-27/h5-6,8-14,24-25,27H,2-4,7,15-23,26H2,1H3,(H,36,38)/b32-8+. The number of carbonyl (C=O) groups excluding carboxylic acids is 1. The van der Waals surface area contributed by atoms with Gasteiger partial charge in [-0.3, -0.25) is 4.79 Å². The first-order valence-electron chi connectivity index (χ1n) is 14.9. The molecule has 0 aromatic heterocycles. The van der Waals surface area contributed by atoms with Gasteiger partial charge in [-0.2, -0.15) is 0 Å². The molecular formula is C35H44N2O4. The molecule has 1 saturated heterocycles. The Morgan fingerprint density at radius 2 is 1.85 bits per heavy atom. The summed E-state index contributed by atoms with van der Waals surface area (Å²) in [7, 11) is 0. The lowest BCUT2D eigenvalue weighted by Gasteiger charge is -2.31. The molecule has 218 valence electrons. The molecule has 1 N–H and O–H groups in total. The molecule has 6 heteroatoms. The van der Waals surface area contributed by atoms with Crippen LogP contribution in [0.4, 0.5) is 5.69 Å². The summed E-state index contributed by atoms with van der Waals surface area (Å²) in [6.07, 6.45) is 12.1. The molecule has 1 amide bonds. The summed E-state index contributed by atoms with van der Waals surface area (Å²) in [5, 5.41) is 2.98. The zero-order valence-electron chi connectivity index (χ0n) is 24.4. The number of hydrogen-bond acceptors (Lipinski definition) is 5. The van der Waals surface area contributed by atoms with E-state index in [1.807, 2.05) is 18.2 Å². The third-order valence-corrected chi connectivity index (χ3v) is 7.56. The molecule has 1 fully saturated rings. The van der Waals surface area contributed by atoms with Gasteiger partial charge in [-0.05, 0) is 90.8 Å². The highest BCUT2D eigenvalue weighted by Crippen LogP contribution is 2.34. The largest absolute Gasteiger partial charge is 0.491 e. The van der Waals surface area contributed by atoms with Gasteiger partial charge in [0.1, 0.15) is 12.4 Å². The number of nitrogens with one attached hydrogen (secondary N) is 1. The zero-order chi connectivity index (χ0) is 28.9. The predicted octanol–water partition coefficient (Wildman–Crippen LogP) is 6.94. The molecule has 2 heterocycles. The SMILES string of the molecule is C=C/C=C(\C=C)NC(=O)C1=Cc2cc(-c3ccc(OCCOCCCC)cc3)ccc2N(CC2CCOCC2)CC1. The minimum absolute atomic E-state index is 0.109. The van der Waals surface area contributed by atoms with Crippen LogP contribution in [0, 0.1) is 5.92 Å². The maximum Gasteiger partial charge on any atom is 0.251 e. The number of anilines is 1. The second-order valence-corrected chi connectivity index (χ2v) is 10.5. The monoisotopic (exact) mass is 556 g/mol. The van der Waals surface area contributed by atoms with Gasteiger partial charge in [0, 0.05) is 49.9 Å². The van der Waals surface area contributed by atoms with Crippen LogP contribution in [-0.4, -0.2) is 52.0 Å². The van der Waals surface area contributed by atoms with E-state index in [2.05, 4.69) is 60.6 Å². The van der Waals surface area contributed by atoms with Crippen molar-refractivity contribution in [2.75, 3.05) is 51.0 Å². The smallest absolute Gasteiger partial charge is 0.251 e. The molecule has 2 aliphatic heterocycles. The van der Waals surface area contributed by atoms with E-state index in [0.29, 0.717) is 31.2 Å². The first-order valence-corrected chi connectivity index (χ1v) is 14.9. The number of ether oxygens (including phenoxy) is 3. The lowest BCUT2D eigenvalue weighted by atomic mass is 9.98. The third kappa shape index (κ3) is 8.94. The van der Waals surface area contributed by atoms with Gasteiger partial charge in [0.15, 0.2) is 0 Å². The number of benzene rings is 2. The summed E-state index contributed by atoms with van der Waals surface area (Å²) >= 11 is 0. The van der Waals surface area contributed by atoms with Crippen molar-refractivity contribution >= 4 is 17.7 Å². The van der Waals surface area contributed by atoms with E-state index in [1.54, 1.807) is 18.2 Å². The van der Waals surface area contributed by atoms with Crippen LogP contribution in [0.2, 0.25) is 0 Å². The summed E-state index contributed by atoms with van der Waals surface area (Å²) in [5.74, 6) is 1.30. The Bertz CT molecular complexity index is 1230. The van der Waals surface area contributed by atoms with Crippen molar-refractivity contribution in [3.8, 4) is 16.9 Å². The topological polar surface area (TPSA) is 60.0 Å². The fourth-order valence-electron chi connectivity index (χ4n) is 5.19. The normalized spacial score (nSPS) is 15.9. The molecule has 0 atom stereocenters. The van der Waals surface area contributed by atoms with Crippen molar-refractivity contribution in [3.05, 3.63) is 90.7 Å². The van der Waals surface area contributed by atoms with Crippen molar-refractivity contribution in [2.45, 2.75) is 39.0 Å². The molecule has 0 saturated carbocycles. The van der Waals surface area contributed by atoms with Crippen molar-refractivity contribution in [1.82, 2.24) is 5.32 Å². The molecule has 0 unspecified atom stereocenters. The summed E-state index contributed by atoms with van der Waals surface area (Å²) in [5.41, 5.74) is 5.80. The Kier molecular flexibility index (Phi) is 11.8. The molecule has 0 bridgehead atoms. The van der Waals surface area contributed by atoms with Crippen LogP contribution in [0.5, 0.6) is 5.75 Å². The Labute approximate surface area is 245 Å². The summed E-state index contributed by atoms with van der Waals surface area (Å²) in [4.78, 5) is 15.7. The highest BCUT2D eigenvalue weighted by Gasteiger charge is 2.24. The maximum atomic E-state index is 13.3. The second kappa shape index (κ2) is 16.0.